The van der Waals surface area contributed by atoms with Gasteiger partial charge >= 0.3 is 5.97 Å². The van der Waals surface area contributed by atoms with Crippen molar-refractivity contribution < 1.29 is 18.3 Å². The molecule has 7 heteroatoms. The first-order valence-electron chi connectivity index (χ1n) is 5.81. The predicted molar refractivity (Wildman–Crippen MR) is 73.3 cm³/mol. The van der Waals surface area contributed by atoms with Gasteiger partial charge in [0.1, 0.15) is 5.54 Å². The van der Waals surface area contributed by atoms with E-state index in [1.807, 2.05) is 0 Å². The third-order valence-electron chi connectivity index (χ3n) is 3.14. The van der Waals surface area contributed by atoms with E-state index in [-0.39, 0.29) is 12.2 Å². The number of halogens is 1. The summed E-state index contributed by atoms with van der Waals surface area (Å²) in [5.41, 5.74) is -0.964. The lowest BCUT2D eigenvalue weighted by molar-refractivity contribution is -0.141. The zero-order valence-electron chi connectivity index (χ0n) is 10.1. The Kier molecular flexibility index (Phi) is 3.73. The van der Waals surface area contributed by atoms with Crippen molar-refractivity contribution in [3.05, 3.63) is 29.3 Å². The molecule has 5 nitrogen and oxygen atoms in total. The highest BCUT2D eigenvalue weighted by molar-refractivity contribution is 7.91. The smallest absolute Gasteiger partial charge is 0.330 e. The fourth-order valence-corrected chi connectivity index (χ4v) is 4.29. The first-order chi connectivity index (χ1) is 8.83. The van der Waals surface area contributed by atoms with E-state index in [9.17, 15) is 18.3 Å². The van der Waals surface area contributed by atoms with Crippen molar-refractivity contribution in [3.8, 4) is 0 Å². The normalized spacial score (nSPS) is 25.7. The van der Waals surface area contributed by atoms with Gasteiger partial charge in [-0.3, -0.25) is 0 Å². The summed E-state index contributed by atoms with van der Waals surface area (Å²) in [4.78, 5) is 11.5. The molecule has 2 N–H and O–H groups in total. The van der Waals surface area contributed by atoms with Crippen LogP contribution in [0.15, 0.2) is 24.3 Å². The fourth-order valence-electron chi connectivity index (χ4n) is 2.28. The highest BCUT2D eigenvalue weighted by Gasteiger charge is 2.45. The predicted octanol–water partition coefficient (Wildman–Crippen LogP) is 1.78. The van der Waals surface area contributed by atoms with Gasteiger partial charge in [0, 0.05) is 10.7 Å². The summed E-state index contributed by atoms with van der Waals surface area (Å²) in [5, 5.41) is 12.7. The summed E-state index contributed by atoms with van der Waals surface area (Å²) in [6.45, 7) is 0. The number of hydrogen-bond donors (Lipinski definition) is 2. The number of carboxylic acid groups (broad SMARTS) is 1. The van der Waals surface area contributed by atoms with Crippen LogP contribution in [0.2, 0.25) is 5.02 Å². The summed E-state index contributed by atoms with van der Waals surface area (Å²) in [7, 11) is -3.34. The second-order valence-electron chi connectivity index (χ2n) is 4.72. The summed E-state index contributed by atoms with van der Waals surface area (Å²) in [6.07, 6.45) is 0.607. The Bertz CT molecular complexity index is 602. The number of rotatable bonds is 3. The molecule has 19 heavy (non-hydrogen) atoms. The van der Waals surface area contributed by atoms with Crippen LogP contribution in [0.25, 0.3) is 0 Å². The number of anilines is 1. The van der Waals surface area contributed by atoms with E-state index in [4.69, 9.17) is 11.6 Å². The van der Waals surface area contributed by atoms with Gasteiger partial charge in [0.05, 0.1) is 11.5 Å². The molecule has 104 valence electrons. The van der Waals surface area contributed by atoms with Crippen LogP contribution in [-0.4, -0.2) is 36.5 Å². The van der Waals surface area contributed by atoms with Crippen LogP contribution >= 0.6 is 11.6 Å². The molecule has 0 radical (unpaired) electrons. The minimum absolute atomic E-state index is 0.0409. The number of carboxylic acids is 1. The second-order valence-corrected chi connectivity index (χ2v) is 7.34. The van der Waals surface area contributed by atoms with Crippen molar-refractivity contribution >= 4 is 33.1 Å². The Morgan fingerprint density at radius 1 is 1.42 bits per heavy atom. The maximum atomic E-state index is 11.7. The standard InChI is InChI=1S/C12H14ClNO4S/c13-9-3-1-4-10(7-9)14-12(11(15)16)5-2-6-19(17,18)8-12/h1,3-4,7,14H,2,5-6,8H2,(H,15,16). The average molecular weight is 304 g/mol. The highest BCUT2D eigenvalue weighted by Crippen LogP contribution is 2.28. The number of benzene rings is 1. The van der Waals surface area contributed by atoms with E-state index in [0.29, 0.717) is 17.1 Å². The monoisotopic (exact) mass is 303 g/mol. The molecule has 1 atom stereocenters. The van der Waals surface area contributed by atoms with Crippen LogP contribution in [0.1, 0.15) is 12.8 Å². The molecule has 1 aromatic rings. The lowest BCUT2D eigenvalue weighted by atomic mass is 9.95. The molecule has 0 aliphatic carbocycles. The number of aliphatic carboxylic acids is 1. The number of hydrogen-bond acceptors (Lipinski definition) is 4. The van der Waals surface area contributed by atoms with E-state index in [1.165, 1.54) is 0 Å². The molecule has 0 bridgehead atoms. The van der Waals surface area contributed by atoms with Gasteiger partial charge in [0.15, 0.2) is 9.84 Å². The van der Waals surface area contributed by atoms with Crippen LogP contribution in [0.3, 0.4) is 0 Å². The van der Waals surface area contributed by atoms with Gasteiger partial charge in [0.25, 0.3) is 0 Å². The molecule has 0 aromatic heterocycles. The first kappa shape index (κ1) is 14.1. The third kappa shape index (κ3) is 3.19. The van der Waals surface area contributed by atoms with Crippen molar-refractivity contribution in [2.75, 3.05) is 16.8 Å². The van der Waals surface area contributed by atoms with Crippen LogP contribution < -0.4 is 5.32 Å². The van der Waals surface area contributed by atoms with Crippen molar-refractivity contribution in [1.29, 1.82) is 0 Å². The third-order valence-corrected chi connectivity index (χ3v) is 5.22. The Hall–Kier alpha value is -1.27. The maximum absolute atomic E-state index is 11.7. The lowest BCUT2D eigenvalue weighted by Gasteiger charge is -2.34. The molecule has 1 aliphatic rings. The number of sulfone groups is 1. The molecule has 1 aromatic carbocycles. The summed E-state index contributed by atoms with van der Waals surface area (Å²) >= 11 is 5.84. The van der Waals surface area contributed by atoms with Gasteiger partial charge in [0.2, 0.25) is 0 Å². The molecule has 0 spiro atoms. The molecule has 1 unspecified atom stereocenters. The highest BCUT2D eigenvalue weighted by atomic mass is 35.5. The Balaban J connectivity index is 2.33. The molecular weight excluding hydrogens is 290 g/mol. The Labute approximate surface area is 116 Å². The molecule has 0 amide bonds. The lowest BCUT2D eigenvalue weighted by Crippen LogP contribution is -2.54. The maximum Gasteiger partial charge on any atom is 0.330 e. The van der Waals surface area contributed by atoms with E-state index < -0.39 is 27.1 Å². The topological polar surface area (TPSA) is 83.5 Å². The van der Waals surface area contributed by atoms with Crippen molar-refractivity contribution in [3.63, 3.8) is 0 Å². The zero-order valence-corrected chi connectivity index (χ0v) is 11.7. The van der Waals surface area contributed by atoms with Crippen molar-refractivity contribution in [2.24, 2.45) is 0 Å². The quantitative estimate of drug-likeness (QED) is 0.889. The fraction of sp³-hybridized carbons (Fsp3) is 0.417. The van der Waals surface area contributed by atoms with Crippen LogP contribution in [0, 0.1) is 0 Å². The van der Waals surface area contributed by atoms with Gasteiger partial charge in [-0.25, -0.2) is 13.2 Å². The summed E-state index contributed by atoms with van der Waals surface area (Å²) in [6, 6.07) is 6.58. The largest absolute Gasteiger partial charge is 0.479 e. The van der Waals surface area contributed by atoms with E-state index >= 15 is 0 Å². The number of carbonyl (C=O) groups is 1. The van der Waals surface area contributed by atoms with Crippen LogP contribution in [0.5, 0.6) is 0 Å². The molecule has 1 aliphatic heterocycles. The number of nitrogens with one attached hydrogen (secondary N) is 1. The molecular formula is C12H14ClNO4S. The molecule has 1 heterocycles. The minimum atomic E-state index is -3.34. The Morgan fingerprint density at radius 3 is 2.74 bits per heavy atom. The SMILES string of the molecule is O=C(O)C1(Nc2cccc(Cl)c2)CCCS(=O)(=O)C1. The molecule has 1 fully saturated rings. The summed E-state index contributed by atoms with van der Waals surface area (Å²) in [5.74, 6) is -1.52. The van der Waals surface area contributed by atoms with Crippen LogP contribution in [-0.2, 0) is 14.6 Å². The van der Waals surface area contributed by atoms with Crippen LogP contribution in [0.4, 0.5) is 5.69 Å². The average Bonchev–Trinajstić information content (AvgIpc) is 2.27. The zero-order chi connectivity index (χ0) is 14.1. The first-order valence-corrected chi connectivity index (χ1v) is 8.01. The van der Waals surface area contributed by atoms with Gasteiger partial charge in [-0.05, 0) is 31.0 Å². The minimum Gasteiger partial charge on any atom is -0.479 e. The second kappa shape index (κ2) is 5.02. The van der Waals surface area contributed by atoms with E-state index in [1.54, 1.807) is 24.3 Å². The van der Waals surface area contributed by atoms with Crippen molar-refractivity contribution in [2.45, 2.75) is 18.4 Å². The van der Waals surface area contributed by atoms with E-state index in [0.717, 1.165) is 0 Å². The van der Waals surface area contributed by atoms with Crippen molar-refractivity contribution in [1.82, 2.24) is 0 Å². The van der Waals surface area contributed by atoms with Gasteiger partial charge in [-0.1, -0.05) is 17.7 Å². The summed E-state index contributed by atoms with van der Waals surface area (Å²) < 4.78 is 23.4. The Morgan fingerprint density at radius 2 is 2.16 bits per heavy atom. The van der Waals surface area contributed by atoms with Gasteiger partial charge in [-0.15, -0.1) is 0 Å². The molecule has 1 saturated heterocycles. The molecule has 2 rings (SSSR count). The van der Waals surface area contributed by atoms with E-state index in [2.05, 4.69) is 5.32 Å². The van der Waals surface area contributed by atoms with Gasteiger partial charge in [-0.2, -0.15) is 0 Å². The van der Waals surface area contributed by atoms with Gasteiger partial charge < -0.3 is 10.4 Å². The molecule has 0 saturated carbocycles.